The fourth-order valence-corrected chi connectivity index (χ4v) is 1.84. The van der Waals surface area contributed by atoms with Gasteiger partial charge in [0.2, 0.25) is 0 Å². The second-order valence-corrected chi connectivity index (χ2v) is 4.84. The van der Waals surface area contributed by atoms with E-state index in [0.717, 1.165) is 32.3 Å². The van der Waals surface area contributed by atoms with Crippen molar-refractivity contribution in [3.8, 4) is 0 Å². The molecular weight excluding hydrogens is 216 g/mol. The molecule has 1 fully saturated rings. The van der Waals surface area contributed by atoms with Gasteiger partial charge in [-0.1, -0.05) is 39.0 Å². The Balaban J connectivity index is 1.76. The van der Waals surface area contributed by atoms with Crippen LogP contribution in [0.2, 0.25) is 0 Å². The SMILES string of the molecule is CCCCCCCOC(=O)CCCCC1CO1. The second-order valence-electron chi connectivity index (χ2n) is 4.84. The summed E-state index contributed by atoms with van der Waals surface area (Å²) in [7, 11) is 0. The summed E-state index contributed by atoms with van der Waals surface area (Å²) in [6, 6.07) is 0. The first-order valence-electron chi connectivity index (χ1n) is 7.10. The molecule has 1 heterocycles. The van der Waals surface area contributed by atoms with Crippen LogP contribution in [-0.2, 0) is 14.3 Å². The number of epoxide rings is 1. The highest BCUT2D eigenvalue weighted by Gasteiger charge is 2.21. The number of carbonyl (C=O) groups is 1. The van der Waals surface area contributed by atoms with Crippen molar-refractivity contribution in [3.63, 3.8) is 0 Å². The zero-order valence-electron chi connectivity index (χ0n) is 11.1. The van der Waals surface area contributed by atoms with Gasteiger partial charge in [-0.25, -0.2) is 0 Å². The van der Waals surface area contributed by atoms with Gasteiger partial charge in [-0.3, -0.25) is 4.79 Å². The Bertz CT molecular complexity index is 200. The number of hydrogen-bond donors (Lipinski definition) is 0. The molecule has 0 aromatic heterocycles. The standard InChI is InChI=1S/C14H26O3/c1-2-3-4-5-8-11-16-14(15)10-7-6-9-13-12-17-13/h13H,2-12H2,1H3. The Morgan fingerprint density at radius 3 is 2.65 bits per heavy atom. The molecule has 3 nitrogen and oxygen atoms in total. The van der Waals surface area contributed by atoms with Gasteiger partial charge >= 0.3 is 5.97 Å². The van der Waals surface area contributed by atoms with Crippen LogP contribution in [0.4, 0.5) is 0 Å². The van der Waals surface area contributed by atoms with Crippen molar-refractivity contribution in [1.29, 1.82) is 0 Å². The van der Waals surface area contributed by atoms with Crippen LogP contribution in [0.1, 0.15) is 64.7 Å². The number of unbranched alkanes of at least 4 members (excludes halogenated alkanes) is 5. The highest BCUT2D eigenvalue weighted by Crippen LogP contribution is 2.17. The molecule has 100 valence electrons. The summed E-state index contributed by atoms with van der Waals surface area (Å²) in [4.78, 5) is 11.3. The maximum atomic E-state index is 11.3. The zero-order valence-corrected chi connectivity index (χ0v) is 11.1. The first-order chi connectivity index (χ1) is 8.33. The number of hydrogen-bond acceptors (Lipinski definition) is 3. The minimum Gasteiger partial charge on any atom is -0.466 e. The Morgan fingerprint density at radius 1 is 1.18 bits per heavy atom. The maximum Gasteiger partial charge on any atom is 0.305 e. The van der Waals surface area contributed by atoms with Crippen molar-refractivity contribution in [3.05, 3.63) is 0 Å². The van der Waals surface area contributed by atoms with Crippen molar-refractivity contribution in [2.75, 3.05) is 13.2 Å². The van der Waals surface area contributed by atoms with E-state index in [1.54, 1.807) is 0 Å². The monoisotopic (exact) mass is 242 g/mol. The molecule has 17 heavy (non-hydrogen) atoms. The zero-order chi connectivity index (χ0) is 12.3. The van der Waals surface area contributed by atoms with Crippen LogP contribution < -0.4 is 0 Å². The van der Waals surface area contributed by atoms with Gasteiger partial charge in [-0.15, -0.1) is 0 Å². The molecule has 1 rings (SSSR count). The molecule has 1 aliphatic rings. The third-order valence-corrected chi connectivity index (χ3v) is 3.07. The first kappa shape index (κ1) is 14.5. The van der Waals surface area contributed by atoms with Crippen molar-refractivity contribution in [2.45, 2.75) is 70.8 Å². The van der Waals surface area contributed by atoms with Crippen LogP contribution in [0.15, 0.2) is 0 Å². The third kappa shape index (κ3) is 9.16. The summed E-state index contributed by atoms with van der Waals surface area (Å²) in [6.45, 7) is 3.73. The second kappa shape index (κ2) is 9.46. The molecule has 1 saturated heterocycles. The van der Waals surface area contributed by atoms with Crippen molar-refractivity contribution >= 4 is 5.97 Å². The highest BCUT2D eigenvalue weighted by molar-refractivity contribution is 5.69. The van der Waals surface area contributed by atoms with Crippen LogP contribution in [0.3, 0.4) is 0 Å². The first-order valence-corrected chi connectivity index (χ1v) is 7.10. The Labute approximate surface area is 105 Å². The molecule has 3 heteroatoms. The lowest BCUT2D eigenvalue weighted by atomic mass is 10.1. The van der Waals surface area contributed by atoms with Gasteiger partial charge < -0.3 is 9.47 Å². The lowest BCUT2D eigenvalue weighted by molar-refractivity contribution is -0.143. The van der Waals surface area contributed by atoms with Crippen molar-refractivity contribution < 1.29 is 14.3 Å². The lowest BCUT2D eigenvalue weighted by Gasteiger charge is -2.04. The molecule has 1 aliphatic heterocycles. The summed E-state index contributed by atoms with van der Waals surface area (Å²) in [5.74, 6) is -0.0304. The summed E-state index contributed by atoms with van der Waals surface area (Å²) < 4.78 is 10.3. The van der Waals surface area contributed by atoms with Gasteiger partial charge in [0.05, 0.1) is 19.3 Å². The topological polar surface area (TPSA) is 38.8 Å². The summed E-state index contributed by atoms with van der Waals surface area (Å²) in [5, 5.41) is 0. The van der Waals surface area contributed by atoms with Crippen LogP contribution in [-0.4, -0.2) is 25.3 Å². The van der Waals surface area contributed by atoms with Gasteiger partial charge in [-0.2, -0.15) is 0 Å². The molecule has 0 saturated carbocycles. The fourth-order valence-electron chi connectivity index (χ4n) is 1.84. The van der Waals surface area contributed by atoms with E-state index in [0.29, 0.717) is 19.1 Å². The average Bonchev–Trinajstić information content (AvgIpc) is 3.13. The number of carbonyl (C=O) groups excluding carboxylic acids is 1. The molecule has 0 aliphatic carbocycles. The highest BCUT2D eigenvalue weighted by atomic mass is 16.6. The molecule has 0 aromatic carbocycles. The van der Waals surface area contributed by atoms with Gasteiger partial charge in [0.15, 0.2) is 0 Å². The predicted molar refractivity (Wildman–Crippen MR) is 67.9 cm³/mol. The van der Waals surface area contributed by atoms with Crippen LogP contribution >= 0.6 is 0 Å². The van der Waals surface area contributed by atoms with E-state index in [1.807, 2.05) is 0 Å². The molecular formula is C14H26O3. The molecule has 0 amide bonds. The van der Waals surface area contributed by atoms with E-state index in [-0.39, 0.29) is 5.97 Å². The minimum atomic E-state index is -0.0304. The van der Waals surface area contributed by atoms with Gasteiger partial charge in [-0.05, 0) is 19.3 Å². The third-order valence-electron chi connectivity index (χ3n) is 3.07. The summed E-state index contributed by atoms with van der Waals surface area (Å²) >= 11 is 0. The molecule has 0 radical (unpaired) electrons. The maximum absolute atomic E-state index is 11.3. The number of ether oxygens (including phenoxy) is 2. The van der Waals surface area contributed by atoms with E-state index in [4.69, 9.17) is 9.47 Å². The lowest BCUT2D eigenvalue weighted by Crippen LogP contribution is -2.05. The smallest absolute Gasteiger partial charge is 0.305 e. The summed E-state index contributed by atoms with van der Waals surface area (Å²) in [5.41, 5.74) is 0. The number of esters is 1. The Hall–Kier alpha value is -0.570. The van der Waals surface area contributed by atoms with Crippen LogP contribution in [0.25, 0.3) is 0 Å². The van der Waals surface area contributed by atoms with E-state index in [2.05, 4.69) is 6.92 Å². The predicted octanol–water partition coefficient (Wildman–Crippen LogP) is 3.46. The largest absolute Gasteiger partial charge is 0.466 e. The van der Waals surface area contributed by atoms with Gasteiger partial charge in [0, 0.05) is 6.42 Å². The molecule has 1 atom stereocenters. The van der Waals surface area contributed by atoms with E-state index >= 15 is 0 Å². The van der Waals surface area contributed by atoms with Crippen molar-refractivity contribution in [2.24, 2.45) is 0 Å². The van der Waals surface area contributed by atoms with E-state index in [1.165, 1.54) is 25.7 Å². The quantitative estimate of drug-likeness (QED) is 0.316. The van der Waals surface area contributed by atoms with Crippen LogP contribution in [0, 0.1) is 0 Å². The average molecular weight is 242 g/mol. The summed E-state index contributed by atoms with van der Waals surface area (Å²) in [6.07, 6.45) is 10.2. The molecule has 0 aromatic rings. The van der Waals surface area contributed by atoms with Gasteiger partial charge in [0.25, 0.3) is 0 Å². The molecule has 1 unspecified atom stereocenters. The molecule has 0 bridgehead atoms. The molecule has 0 N–H and O–H groups in total. The van der Waals surface area contributed by atoms with Crippen LogP contribution in [0.5, 0.6) is 0 Å². The van der Waals surface area contributed by atoms with Crippen molar-refractivity contribution in [1.82, 2.24) is 0 Å². The normalized spacial score (nSPS) is 18.1. The minimum absolute atomic E-state index is 0.0304. The fraction of sp³-hybridized carbons (Fsp3) is 0.929. The van der Waals surface area contributed by atoms with E-state index in [9.17, 15) is 4.79 Å². The molecule has 0 spiro atoms. The van der Waals surface area contributed by atoms with Gasteiger partial charge in [0.1, 0.15) is 0 Å². The number of rotatable bonds is 11. The Kier molecular flexibility index (Phi) is 8.06. The Morgan fingerprint density at radius 2 is 1.94 bits per heavy atom. The van der Waals surface area contributed by atoms with E-state index < -0.39 is 0 Å².